The van der Waals surface area contributed by atoms with E-state index in [0.717, 1.165) is 0 Å². The van der Waals surface area contributed by atoms with Crippen molar-refractivity contribution in [2.75, 3.05) is 26.2 Å². The predicted molar refractivity (Wildman–Crippen MR) is 83.8 cm³/mol. The largest absolute Gasteiger partial charge is 0.416 e. The second-order valence-corrected chi connectivity index (χ2v) is 5.35. The second kappa shape index (κ2) is 9.25. The lowest BCUT2D eigenvalue weighted by atomic mass is 9.95. The molecule has 2 nitrogen and oxygen atoms in total. The molecular weight excluding hydrogens is 400 g/mol. The maximum absolute atomic E-state index is 13.4. The van der Waals surface area contributed by atoms with E-state index in [1.807, 2.05) is 0 Å². The third-order valence-corrected chi connectivity index (χ3v) is 3.70. The Kier molecular flexibility index (Phi) is 8.96. The number of alkyl halides is 6. The summed E-state index contributed by atoms with van der Waals surface area (Å²) in [7, 11) is 0. The average Bonchev–Trinajstić information content (AvgIpc) is 2.43. The van der Waals surface area contributed by atoms with E-state index in [9.17, 15) is 30.7 Å². The Hall–Kier alpha value is -0.770. The van der Waals surface area contributed by atoms with Gasteiger partial charge in [-0.3, -0.25) is 4.90 Å². The van der Waals surface area contributed by atoms with Crippen molar-refractivity contribution in [3.63, 3.8) is 0 Å². The van der Waals surface area contributed by atoms with Crippen LogP contribution in [0.5, 0.6) is 0 Å². The van der Waals surface area contributed by atoms with Gasteiger partial charge in [-0.1, -0.05) is 0 Å². The zero-order valence-electron chi connectivity index (χ0n) is 12.8. The van der Waals surface area contributed by atoms with E-state index in [-0.39, 0.29) is 37.9 Å². The van der Waals surface area contributed by atoms with E-state index >= 15 is 0 Å². The van der Waals surface area contributed by atoms with Gasteiger partial charge in [0.15, 0.2) is 0 Å². The molecule has 0 aliphatic carbocycles. The SMILES string of the molecule is Cl.Cl.Fc1ccc(C(F)(F)F)c([C@H](CC(F)(F)F)N2CCNCC2)c1. The quantitative estimate of drug-likeness (QED) is 0.725. The summed E-state index contributed by atoms with van der Waals surface area (Å²) < 4.78 is 91.3. The molecule has 0 spiro atoms. The Morgan fingerprint density at radius 2 is 1.56 bits per heavy atom. The second-order valence-electron chi connectivity index (χ2n) is 5.35. The Labute approximate surface area is 152 Å². The van der Waals surface area contributed by atoms with Crippen LogP contribution in [-0.2, 0) is 6.18 Å². The van der Waals surface area contributed by atoms with E-state index in [0.29, 0.717) is 31.3 Å². The lowest BCUT2D eigenvalue weighted by Crippen LogP contribution is -2.46. The zero-order chi connectivity index (χ0) is 17.3. The van der Waals surface area contributed by atoms with Gasteiger partial charge in [-0.05, 0) is 23.8 Å². The molecule has 1 aliphatic heterocycles. The zero-order valence-corrected chi connectivity index (χ0v) is 14.4. The molecule has 11 heteroatoms. The number of benzene rings is 1. The molecule has 146 valence electrons. The first-order valence-corrected chi connectivity index (χ1v) is 6.96. The molecular formula is C14H17Cl2F7N2. The molecule has 1 heterocycles. The van der Waals surface area contributed by atoms with Crippen molar-refractivity contribution >= 4 is 24.8 Å². The maximum Gasteiger partial charge on any atom is 0.416 e. The fourth-order valence-corrected chi connectivity index (χ4v) is 2.72. The van der Waals surface area contributed by atoms with Crippen LogP contribution in [0.2, 0.25) is 0 Å². The molecule has 0 bridgehead atoms. The first kappa shape index (κ1) is 24.2. The highest BCUT2D eigenvalue weighted by Crippen LogP contribution is 2.41. The number of nitrogens with zero attached hydrogens (tertiary/aromatic N) is 1. The standard InChI is InChI=1S/C14H15F7N2.2ClH/c15-9-1-2-11(14(19,20)21)10(7-9)12(8-13(16,17)18)23-5-3-22-4-6-23;;/h1-2,7,12,22H,3-6,8H2;2*1H/t12-;;/m0../s1. The molecule has 1 N–H and O–H groups in total. The summed E-state index contributed by atoms with van der Waals surface area (Å²) in [4.78, 5) is 1.31. The normalized spacial score (nSPS) is 17.4. The van der Waals surface area contributed by atoms with Gasteiger partial charge in [-0.15, -0.1) is 24.8 Å². The third kappa shape index (κ3) is 6.80. The van der Waals surface area contributed by atoms with Gasteiger partial charge in [0, 0.05) is 32.2 Å². The first-order valence-electron chi connectivity index (χ1n) is 6.96. The van der Waals surface area contributed by atoms with Gasteiger partial charge in [0.2, 0.25) is 0 Å². The minimum absolute atomic E-state index is 0. The van der Waals surface area contributed by atoms with Crippen LogP contribution in [0.1, 0.15) is 23.6 Å². The lowest BCUT2D eigenvalue weighted by Gasteiger charge is -2.36. The highest BCUT2D eigenvalue weighted by molar-refractivity contribution is 5.85. The molecule has 0 unspecified atom stereocenters. The molecule has 1 aromatic rings. The van der Waals surface area contributed by atoms with E-state index in [1.54, 1.807) is 0 Å². The molecule has 1 aliphatic rings. The van der Waals surface area contributed by atoms with Gasteiger partial charge in [0.1, 0.15) is 5.82 Å². The first-order chi connectivity index (χ1) is 10.6. The third-order valence-electron chi connectivity index (χ3n) is 3.70. The number of piperazine rings is 1. The fraction of sp³-hybridized carbons (Fsp3) is 0.571. The lowest BCUT2D eigenvalue weighted by molar-refractivity contribution is -0.153. The molecule has 1 atom stereocenters. The van der Waals surface area contributed by atoms with Crippen molar-refractivity contribution in [1.29, 1.82) is 0 Å². The highest BCUT2D eigenvalue weighted by Gasteiger charge is 2.41. The number of hydrogen-bond donors (Lipinski definition) is 1. The molecule has 2 rings (SSSR count). The van der Waals surface area contributed by atoms with E-state index in [4.69, 9.17) is 0 Å². The maximum atomic E-state index is 13.4. The number of halogens is 9. The predicted octanol–water partition coefficient (Wildman–Crippen LogP) is 4.59. The van der Waals surface area contributed by atoms with Crippen molar-refractivity contribution in [3.8, 4) is 0 Å². The van der Waals surface area contributed by atoms with E-state index < -0.39 is 41.8 Å². The average molecular weight is 417 g/mol. The Bertz CT molecular complexity index is 543. The Balaban J connectivity index is 0.00000288. The highest BCUT2D eigenvalue weighted by atomic mass is 35.5. The Morgan fingerprint density at radius 1 is 1.00 bits per heavy atom. The smallest absolute Gasteiger partial charge is 0.314 e. The summed E-state index contributed by atoms with van der Waals surface area (Å²) in [5, 5.41) is 2.92. The van der Waals surface area contributed by atoms with Gasteiger partial charge in [-0.2, -0.15) is 26.3 Å². The van der Waals surface area contributed by atoms with Gasteiger partial charge in [0.05, 0.1) is 12.0 Å². The van der Waals surface area contributed by atoms with Crippen LogP contribution in [-0.4, -0.2) is 37.3 Å². The van der Waals surface area contributed by atoms with Crippen LogP contribution >= 0.6 is 24.8 Å². The van der Waals surface area contributed by atoms with E-state index in [1.165, 1.54) is 4.90 Å². The van der Waals surface area contributed by atoms with Crippen LogP contribution in [0, 0.1) is 5.82 Å². The monoisotopic (exact) mass is 416 g/mol. The molecule has 0 amide bonds. The van der Waals surface area contributed by atoms with Gasteiger partial charge < -0.3 is 5.32 Å². The Morgan fingerprint density at radius 3 is 2.04 bits per heavy atom. The van der Waals surface area contributed by atoms with Crippen LogP contribution in [0.15, 0.2) is 18.2 Å². The van der Waals surface area contributed by atoms with Gasteiger partial charge in [0.25, 0.3) is 0 Å². The molecule has 1 aromatic carbocycles. The minimum atomic E-state index is -4.85. The fourth-order valence-electron chi connectivity index (χ4n) is 2.72. The summed E-state index contributed by atoms with van der Waals surface area (Å²) in [6.07, 6.45) is -11.0. The van der Waals surface area contributed by atoms with Crippen LogP contribution in [0.3, 0.4) is 0 Å². The van der Waals surface area contributed by atoms with E-state index in [2.05, 4.69) is 5.32 Å². The molecule has 0 aromatic heterocycles. The molecule has 25 heavy (non-hydrogen) atoms. The van der Waals surface area contributed by atoms with Crippen LogP contribution < -0.4 is 5.32 Å². The molecule has 1 fully saturated rings. The van der Waals surface area contributed by atoms with Gasteiger partial charge in [-0.25, -0.2) is 4.39 Å². The molecule has 0 saturated carbocycles. The van der Waals surface area contributed by atoms with Crippen molar-refractivity contribution in [2.45, 2.75) is 24.8 Å². The molecule has 0 radical (unpaired) electrons. The van der Waals surface area contributed by atoms with Crippen molar-refractivity contribution in [3.05, 3.63) is 35.1 Å². The number of rotatable bonds is 3. The minimum Gasteiger partial charge on any atom is -0.314 e. The van der Waals surface area contributed by atoms with Crippen molar-refractivity contribution in [1.82, 2.24) is 10.2 Å². The number of hydrogen-bond acceptors (Lipinski definition) is 2. The van der Waals surface area contributed by atoms with Crippen molar-refractivity contribution < 1.29 is 30.7 Å². The summed E-state index contributed by atoms with van der Waals surface area (Å²) in [6.45, 7) is 1.05. The topological polar surface area (TPSA) is 15.3 Å². The van der Waals surface area contributed by atoms with Crippen LogP contribution in [0.25, 0.3) is 0 Å². The summed E-state index contributed by atoms with van der Waals surface area (Å²) in [6, 6.07) is 0.0936. The van der Waals surface area contributed by atoms with Crippen molar-refractivity contribution in [2.24, 2.45) is 0 Å². The summed E-state index contributed by atoms with van der Waals surface area (Å²) >= 11 is 0. The number of nitrogens with one attached hydrogen (secondary N) is 1. The van der Waals surface area contributed by atoms with Crippen LogP contribution in [0.4, 0.5) is 30.7 Å². The molecule has 1 saturated heterocycles. The van der Waals surface area contributed by atoms with Gasteiger partial charge >= 0.3 is 12.4 Å². The summed E-state index contributed by atoms with van der Waals surface area (Å²) in [5.41, 5.74) is -1.90. The summed E-state index contributed by atoms with van der Waals surface area (Å²) in [5.74, 6) is -0.990.